The fourth-order valence-corrected chi connectivity index (χ4v) is 3.89. The molecule has 1 aliphatic rings. The maximum absolute atomic E-state index is 13.5. The number of phenolic OH excluding ortho intramolecular Hbond substituents is 1. The molecule has 4 heteroatoms. The number of para-hydroxylation sites is 1. The summed E-state index contributed by atoms with van der Waals surface area (Å²) >= 11 is 1.77. The first-order chi connectivity index (χ1) is 10.1. The number of phenols is 1. The van der Waals surface area contributed by atoms with E-state index in [1.54, 1.807) is 23.9 Å². The van der Waals surface area contributed by atoms with Crippen LogP contribution in [-0.2, 0) is 0 Å². The van der Waals surface area contributed by atoms with Crippen molar-refractivity contribution in [2.75, 3.05) is 5.75 Å². The zero-order valence-corrected chi connectivity index (χ0v) is 12.7. The van der Waals surface area contributed by atoms with Crippen molar-refractivity contribution in [1.29, 1.82) is 0 Å². The maximum atomic E-state index is 13.5. The van der Waals surface area contributed by atoms with Crippen molar-refractivity contribution in [3.8, 4) is 5.75 Å². The van der Waals surface area contributed by atoms with Gasteiger partial charge in [-0.05, 0) is 48.9 Å². The van der Waals surface area contributed by atoms with Gasteiger partial charge >= 0.3 is 0 Å². The summed E-state index contributed by atoms with van der Waals surface area (Å²) in [6, 6.07) is 12.5. The number of benzene rings is 2. The quantitative estimate of drug-likeness (QED) is 0.880. The van der Waals surface area contributed by atoms with Crippen LogP contribution in [-0.4, -0.2) is 10.9 Å². The zero-order valence-electron chi connectivity index (χ0n) is 11.8. The molecule has 0 bridgehead atoms. The van der Waals surface area contributed by atoms with E-state index in [0.717, 1.165) is 28.2 Å². The number of aromatic hydroxyl groups is 1. The lowest BCUT2D eigenvalue weighted by Crippen LogP contribution is -2.27. The molecule has 3 rings (SSSR count). The molecule has 2 aromatic carbocycles. The molecule has 2 unspecified atom stereocenters. The Kier molecular flexibility index (Phi) is 4.17. The van der Waals surface area contributed by atoms with E-state index in [0.29, 0.717) is 5.75 Å². The van der Waals surface area contributed by atoms with Crippen LogP contribution in [0, 0.1) is 5.82 Å². The number of rotatable bonds is 3. The van der Waals surface area contributed by atoms with Gasteiger partial charge in [0.05, 0.1) is 0 Å². The first kappa shape index (κ1) is 14.4. The third kappa shape index (κ3) is 3.06. The van der Waals surface area contributed by atoms with Crippen molar-refractivity contribution in [3.05, 3.63) is 59.4 Å². The van der Waals surface area contributed by atoms with E-state index in [1.165, 1.54) is 6.07 Å². The molecule has 0 aliphatic carbocycles. The fraction of sp³-hybridized carbons (Fsp3) is 0.294. The fourth-order valence-electron chi connectivity index (χ4n) is 2.78. The van der Waals surface area contributed by atoms with Gasteiger partial charge in [-0.2, -0.15) is 0 Å². The SMILES string of the molecule is CC(NC1CCSc2ccc(F)cc21)c1ccccc1O. The Balaban J connectivity index is 1.83. The number of fused-ring (bicyclic) bond motifs is 1. The number of hydrogen-bond acceptors (Lipinski definition) is 3. The smallest absolute Gasteiger partial charge is 0.123 e. The second kappa shape index (κ2) is 6.08. The van der Waals surface area contributed by atoms with Crippen LogP contribution in [0.3, 0.4) is 0 Å². The third-order valence-electron chi connectivity index (χ3n) is 3.87. The summed E-state index contributed by atoms with van der Waals surface area (Å²) in [5, 5.41) is 13.5. The Morgan fingerprint density at radius 1 is 1.29 bits per heavy atom. The van der Waals surface area contributed by atoms with Gasteiger partial charge < -0.3 is 10.4 Å². The molecular weight excluding hydrogens is 285 g/mol. The van der Waals surface area contributed by atoms with Crippen LogP contribution in [0.2, 0.25) is 0 Å². The Morgan fingerprint density at radius 3 is 2.90 bits per heavy atom. The van der Waals surface area contributed by atoms with Crippen LogP contribution in [0.4, 0.5) is 4.39 Å². The van der Waals surface area contributed by atoms with E-state index >= 15 is 0 Å². The summed E-state index contributed by atoms with van der Waals surface area (Å²) in [4.78, 5) is 1.14. The predicted octanol–water partition coefficient (Wildman–Crippen LogP) is 4.42. The number of hydrogen-bond donors (Lipinski definition) is 2. The van der Waals surface area contributed by atoms with Gasteiger partial charge in [0.2, 0.25) is 0 Å². The van der Waals surface area contributed by atoms with Crippen molar-refractivity contribution < 1.29 is 9.50 Å². The van der Waals surface area contributed by atoms with E-state index in [2.05, 4.69) is 5.32 Å². The van der Waals surface area contributed by atoms with Crippen molar-refractivity contribution in [3.63, 3.8) is 0 Å². The second-order valence-corrected chi connectivity index (χ2v) is 6.46. The molecule has 21 heavy (non-hydrogen) atoms. The monoisotopic (exact) mass is 303 g/mol. The zero-order chi connectivity index (χ0) is 14.8. The Morgan fingerprint density at radius 2 is 2.10 bits per heavy atom. The molecule has 0 aromatic heterocycles. The predicted molar refractivity (Wildman–Crippen MR) is 84.1 cm³/mol. The highest BCUT2D eigenvalue weighted by Gasteiger charge is 2.23. The summed E-state index contributed by atoms with van der Waals surface area (Å²) in [6.07, 6.45) is 0.957. The van der Waals surface area contributed by atoms with Gasteiger partial charge in [-0.3, -0.25) is 0 Å². The highest BCUT2D eigenvalue weighted by Crippen LogP contribution is 2.38. The van der Waals surface area contributed by atoms with Gasteiger partial charge in [-0.15, -0.1) is 11.8 Å². The molecule has 0 radical (unpaired) electrons. The van der Waals surface area contributed by atoms with Crippen LogP contribution >= 0.6 is 11.8 Å². The third-order valence-corrected chi connectivity index (χ3v) is 4.99. The summed E-state index contributed by atoms with van der Waals surface area (Å²) in [6.45, 7) is 2.02. The minimum Gasteiger partial charge on any atom is -0.508 e. The molecule has 2 atom stereocenters. The van der Waals surface area contributed by atoms with Gasteiger partial charge in [-0.1, -0.05) is 18.2 Å². The molecule has 2 aromatic rings. The highest BCUT2D eigenvalue weighted by atomic mass is 32.2. The van der Waals surface area contributed by atoms with Crippen LogP contribution in [0.25, 0.3) is 0 Å². The summed E-state index contributed by atoms with van der Waals surface area (Å²) in [5.41, 5.74) is 1.89. The van der Waals surface area contributed by atoms with Crippen molar-refractivity contribution in [2.24, 2.45) is 0 Å². The number of thioether (sulfide) groups is 1. The van der Waals surface area contributed by atoms with Crippen LogP contribution in [0.5, 0.6) is 5.75 Å². The number of halogens is 1. The minimum absolute atomic E-state index is 0.00965. The van der Waals surface area contributed by atoms with Gasteiger partial charge in [0.25, 0.3) is 0 Å². The molecule has 1 aliphatic heterocycles. The lowest BCUT2D eigenvalue weighted by atomic mass is 10.00. The lowest BCUT2D eigenvalue weighted by Gasteiger charge is -2.29. The van der Waals surface area contributed by atoms with E-state index in [9.17, 15) is 9.50 Å². The van der Waals surface area contributed by atoms with Crippen LogP contribution in [0.1, 0.15) is 36.6 Å². The molecule has 2 N–H and O–H groups in total. The van der Waals surface area contributed by atoms with E-state index < -0.39 is 0 Å². The number of nitrogens with one attached hydrogen (secondary N) is 1. The largest absolute Gasteiger partial charge is 0.508 e. The van der Waals surface area contributed by atoms with E-state index in [1.807, 2.05) is 31.2 Å². The first-order valence-electron chi connectivity index (χ1n) is 7.11. The van der Waals surface area contributed by atoms with Crippen molar-refractivity contribution in [1.82, 2.24) is 5.32 Å². The summed E-state index contributed by atoms with van der Waals surface area (Å²) in [7, 11) is 0. The topological polar surface area (TPSA) is 32.3 Å². The molecule has 1 heterocycles. The minimum atomic E-state index is -0.196. The van der Waals surface area contributed by atoms with Crippen molar-refractivity contribution >= 4 is 11.8 Å². The van der Waals surface area contributed by atoms with Crippen molar-refractivity contribution in [2.45, 2.75) is 30.3 Å². The maximum Gasteiger partial charge on any atom is 0.123 e. The van der Waals surface area contributed by atoms with Crippen LogP contribution < -0.4 is 5.32 Å². The molecule has 0 amide bonds. The summed E-state index contributed by atoms with van der Waals surface area (Å²) in [5.74, 6) is 1.12. The molecule has 110 valence electrons. The standard InChI is InChI=1S/C17H18FNOS/c1-11(13-4-2-3-5-16(13)20)19-15-8-9-21-17-7-6-12(18)10-14(15)17/h2-7,10-11,15,19-20H,8-9H2,1H3. The average molecular weight is 303 g/mol. The average Bonchev–Trinajstić information content (AvgIpc) is 2.48. The molecule has 0 spiro atoms. The van der Waals surface area contributed by atoms with Gasteiger partial charge in [-0.25, -0.2) is 4.39 Å². The van der Waals surface area contributed by atoms with Gasteiger partial charge in [0.1, 0.15) is 11.6 Å². The molecule has 0 saturated heterocycles. The summed E-state index contributed by atoms with van der Waals surface area (Å²) < 4.78 is 13.5. The second-order valence-electron chi connectivity index (χ2n) is 5.32. The lowest BCUT2D eigenvalue weighted by molar-refractivity contribution is 0.420. The molecule has 2 nitrogen and oxygen atoms in total. The van der Waals surface area contributed by atoms with E-state index in [-0.39, 0.29) is 17.9 Å². The van der Waals surface area contributed by atoms with E-state index in [4.69, 9.17) is 0 Å². The van der Waals surface area contributed by atoms with Gasteiger partial charge in [0.15, 0.2) is 0 Å². The molecule has 0 fully saturated rings. The Bertz CT molecular complexity index is 646. The Labute approximate surface area is 128 Å². The van der Waals surface area contributed by atoms with Gasteiger partial charge in [0, 0.05) is 22.5 Å². The Hall–Kier alpha value is -1.52. The molecule has 0 saturated carbocycles. The highest BCUT2D eigenvalue weighted by molar-refractivity contribution is 7.99. The molecular formula is C17H18FNOS. The van der Waals surface area contributed by atoms with Crippen LogP contribution in [0.15, 0.2) is 47.4 Å². The normalized spacial score (nSPS) is 19.0. The first-order valence-corrected chi connectivity index (χ1v) is 8.10.